The topological polar surface area (TPSA) is 46.5 Å². The Bertz CT molecular complexity index is 577. The predicted octanol–water partition coefficient (Wildman–Crippen LogP) is 3.99. The van der Waals surface area contributed by atoms with Gasteiger partial charge in [-0.25, -0.2) is 4.79 Å². The van der Waals surface area contributed by atoms with Crippen LogP contribution in [0.5, 0.6) is 5.75 Å². The Balaban J connectivity index is 2.08. The molecule has 0 bridgehead atoms. The van der Waals surface area contributed by atoms with Gasteiger partial charge in [0, 0.05) is 15.5 Å². The van der Waals surface area contributed by atoms with Crippen LogP contribution >= 0.6 is 22.9 Å². The molecule has 0 atom stereocenters. The van der Waals surface area contributed by atoms with Crippen LogP contribution in [0.4, 0.5) is 0 Å². The lowest BCUT2D eigenvalue weighted by Crippen LogP contribution is -1.96. The van der Waals surface area contributed by atoms with Gasteiger partial charge in [-0.3, -0.25) is 0 Å². The molecule has 5 heteroatoms. The molecule has 0 aliphatic rings. The maximum absolute atomic E-state index is 10.8. The van der Waals surface area contributed by atoms with Gasteiger partial charge in [0.25, 0.3) is 0 Å². The lowest BCUT2D eigenvalue weighted by molar-refractivity contribution is 0.0702. The molecule has 0 aliphatic carbocycles. The third-order valence-corrected chi connectivity index (χ3v) is 3.74. The van der Waals surface area contributed by atoms with Gasteiger partial charge in [0.15, 0.2) is 0 Å². The van der Waals surface area contributed by atoms with E-state index < -0.39 is 5.97 Å². The number of carboxylic acids is 1. The molecule has 0 radical (unpaired) electrons. The molecule has 2 aromatic rings. The summed E-state index contributed by atoms with van der Waals surface area (Å²) in [6.45, 7) is 2.23. The normalized spacial score (nSPS) is 10.3. The van der Waals surface area contributed by atoms with Crippen molar-refractivity contribution < 1.29 is 14.6 Å². The van der Waals surface area contributed by atoms with Crippen molar-refractivity contribution in [1.29, 1.82) is 0 Å². The summed E-state index contributed by atoms with van der Waals surface area (Å²) in [5.41, 5.74) is 0.886. The Kier molecular flexibility index (Phi) is 3.89. The fraction of sp³-hybridized carbons (Fsp3) is 0.154. The van der Waals surface area contributed by atoms with Crippen LogP contribution in [0, 0.1) is 6.92 Å². The molecular formula is C13H11ClO3S. The monoisotopic (exact) mass is 282 g/mol. The Labute approximate surface area is 114 Å². The molecule has 0 spiro atoms. The fourth-order valence-corrected chi connectivity index (χ4v) is 2.53. The average molecular weight is 283 g/mol. The number of hydrogen-bond donors (Lipinski definition) is 1. The SMILES string of the molecule is Cc1sc(C(=O)O)cc1COc1cccc(Cl)c1. The number of aryl methyl sites for hydroxylation is 1. The van der Waals surface area contributed by atoms with Crippen molar-refractivity contribution in [3.63, 3.8) is 0 Å². The van der Waals surface area contributed by atoms with E-state index in [1.54, 1.807) is 24.3 Å². The Morgan fingerprint density at radius 3 is 2.83 bits per heavy atom. The molecule has 1 aromatic carbocycles. The van der Waals surface area contributed by atoms with Crippen LogP contribution < -0.4 is 4.74 Å². The summed E-state index contributed by atoms with van der Waals surface area (Å²) in [7, 11) is 0. The van der Waals surface area contributed by atoms with Crippen molar-refractivity contribution in [2.45, 2.75) is 13.5 Å². The van der Waals surface area contributed by atoms with Crippen molar-refractivity contribution in [2.75, 3.05) is 0 Å². The van der Waals surface area contributed by atoms with Gasteiger partial charge in [0.05, 0.1) is 0 Å². The lowest BCUT2D eigenvalue weighted by Gasteiger charge is -2.05. The quantitative estimate of drug-likeness (QED) is 0.922. The highest BCUT2D eigenvalue weighted by Crippen LogP contribution is 2.24. The first-order valence-corrected chi connectivity index (χ1v) is 6.46. The lowest BCUT2D eigenvalue weighted by atomic mass is 10.2. The summed E-state index contributed by atoms with van der Waals surface area (Å²) < 4.78 is 5.58. The van der Waals surface area contributed by atoms with Gasteiger partial charge >= 0.3 is 5.97 Å². The Morgan fingerprint density at radius 1 is 1.44 bits per heavy atom. The van der Waals surface area contributed by atoms with E-state index in [-0.39, 0.29) is 0 Å². The van der Waals surface area contributed by atoms with E-state index in [2.05, 4.69) is 0 Å². The number of carboxylic acid groups (broad SMARTS) is 1. The van der Waals surface area contributed by atoms with Gasteiger partial charge in [-0.05, 0) is 31.2 Å². The second kappa shape index (κ2) is 5.42. The molecule has 0 saturated carbocycles. The van der Waals surface area contributed by atoms with E-state index in [1.165, 1.54) is 11.3 Å². The minimum absolute atomic E-state index is 0.331. The van der Waals surface area contributed by atoms with Crippen LogP contribution in [0.15, 0.2) is 30.3 Å². The van der Waals surface area contributed by atoms with Crippen molar-refractivity contribution in [1.82, 2.24) is 0 Å². The first-order chi connectivity index (χ1) is 8.56. The van der Waals surface area contributed by atoms with Gasteiger partial charge in [-0.1, -0.05) is 17.7 Å². The molecule has 18 heavy (non-hydrogen) atoms. The largest absolute Gasteiger partial charge is 0.489 e. The molecule has 2 rings (SSSR count). The highest BCUT2D eigenvalue weighted by Gasteiger charge is 2.11. The molecule has 94 valence electrons. The van der Waals surface area contributed by atoms with Crippen LogP contribution in [0.1, 0.15) is 20.1 Å². The number of thiophene rings is 1. The number of aromatic carboxylic acids is 1. The van der Waals surface area contributed by atoms with E-state index in [9.17, 15) is 4.79 Å². The van der Waals surface area contributed by atoms with Crippen LogP contribution in [-0.2, 0) is 6.61 Å². The van der Waals surface area contributed by atoms with E-state index in [0.29, 0.717) is 22.3 Å². The number of benzene rings is 1. The number of rotatable bonds is 4. The predicted molar refractivity (Wildman–Crippen MR) is 71.8 cm³/mol. The molecule has 0 unspecified atom stereocenters. The fourth-order valence-electron chi connectivity index (χ4n) is 1.49. The third-order valence-electron chi connectivity index (χ3n) is 2.42. The summed E-state index contributed by atoms with van der Waals surface area (Å²) in [4.78, 5) is 12.1. The summed E-state index contributed by atoms with van der Waals surface area (Å²) in [5.74, 6) is -0.234. The van der Waals surface area contributed by atoms with Crippen LogP contribution in [0.2, 0.25) is 5.02 Å². The zero-order valence-corrected chi connectivity index (χ0v) is 11.2. The van der Waals surface area contributed by atoms with E-state index in [1.807, 2.05) is 13.0 Å². The number of halogens is 1. The molecule has 0 amide bonds. The molecule has 1 N–H and O–H groups in total. The Hall–Kier alpha value is -1.52. The van der Waals surface area contributed by atoms with E-state index >= 15 is 0 Å². The van der Waals surface area contributed by atoms with Crippen LogP contribution in [-0.4, -0.2) is 11.1 Å². The number of ether oxygens (including phenoxy) is 1. The number of hydrogen-bond acceptors (Lipinski definition) is 3. The summed E-state index contributed by atoms with van der Waals surface area (Å²) in [5, 5.41) is 9.51. The molecular weight excluding hydrogens is 272 g/mol. The maximum Gasteiger partial charge on any atom is 0.345 e. The molecule has 0 saturated heterocycles. The summed E-state index contributed by atoms with van der Waals surface area (Å²) in [6.07, 6.45) is 0. The first-order valence-electron chi connectivity index (χ1n) is 5.27. The van der Waals surface area contributed by atoms with Crippen molar-refractivity contribution in [3.05, 3.63) is 50.7 Å². The van der Waals surface area contributed by atoms with Crippen LogP contribution in [0.25, 0.3) is 0 Å². The first kappa shape index (κ1) is 12.9. The van der Waals surface area contributed by atoms with Crippen molar-refractivity contribution in [2.24, 2.45) is 0 Å². The zero-order valence-electron chi connectivity index (χ0n) is 9.64. The minimum Gasteiger partial charge on any atom is -0.489 e. The minimum atomic E-state index is -0.905. The molecule has 3 nitrogen and oxygen atoms in total. The van der Waals surface area contributed by atoms with Crippen molar-refractivity contribution >= 4 is 28.9 Å². The zero-order chi connectivity index (χ0) is 13.1. The Morgan fingerprint density at radius 2 is 2.22 bits per heavy atom. The van der Waals surface area contributed by atoms with Gasteiger partial charge in [-0.15, -0.1) is 11.3 Å². The molecule has 0 aliphatic heterocycles. The molecule has 1 aromatic heterocycles. The smallest absolute Gasteiger partial charge is 0.345 e. The second-order valence-electron chi connectivity index (χ2n) is 3.74. The summed E-state index contributed by atoms with van der Waals surface area (Å²) >= 11 is 7.10. The standard InChI is InChI=1S/C13H11ClO3S/c1-8-9(5-12(18-8)13(15)16)7-17-11-4-2-3-10(14)6-11/h2-6H,7H2,1H3,(H,15,16). The van der Waals surface area contributed by atoms with Crippen molar-refractivity contribution in [3.8, 4) is 5.75 Å². The van der Waals surface area contributed by atoms with Gasteiger partial charge in [0.1, 0.15) is 17.2 Å². The van der Waals surface area contributed by atoms with Gasteiger partial charge < -0.3 is 9.84 Å². The summed E-state index contributed by atoms with van der Waals surface area (Å²) in [6, 6.07) is 8.76. The average Bonchev–Trinajstić information content (AvgIpc) is 2.68. The molecule has 1 heterocycles. The van der Waals surface area contributed by atoms with Crippen LogP contribution in [0.3, 0.4) is 0 Å². The van der Waals surface area contributed by atoms with Gasteiger partial charge in [0.2, 0.25) is 0 Å². The maximum atomic E-state index is 10.8. The number of carbonyl (C=O) groups is 1. The molecule has 0 fully saturated rings. The van der Waals surface area contributed by atoms with Gasteiger partial charge in [-0.2, -0.15) is 0 Å². The highest BCUT2D eigenvalue weighted by molar-refractivity contribution is 7.14. The third kappa shape index (κ3) is 3.03. The highest BCUT2D eigenvalue weighted by atomic mass is 35.5. The van der Waals surface area contributed by atoms with E-state index in [4.69, 9.17) is 21.4 Å². The second-order valence-corrected chi connectivity index (χ2v) is 5.44. The van der Waals surface area contributed by atoms with E-state index in [0.717, 1.165) is 10.4 Å².